The van der Waals surface area contributed by atoms with Crippen LogP contribution in [0.2, 0.25) is 0 Å². The summed E-state index contributed by atoms with van der Waals surface area (Å²) >= 11 is 3.69. The summed E-state index contributed by atoms with van der Waals surface area (Å²) < 4.78 is 1.19. The molecule has 1 saturated heterocycles. The number of likely N-dealkylation sites (N-methyl/N-ethyl adjacent to an activating group) is 1. The second-order valence-electron chi connectivity index (χ2n) is 4.75. The molecule has 1 aliphatic heterocycles. The van der Waals surface area contributed by atoms with Crippen LogP contribution in [0.4, 0.5) is 5.69 Å². The normalized spacial score (nSPS) is 17.2. The summed E-state index contributed by atoms with van der Waals surface area (Å²) in [5.74, 6) is 0. The molecule has 100 valence electrons. The van der Waals surface area contributed by atoms with Crippen LogP contribution in [-0.4, -0.2) is 44.2 Å². The van der Waals surface area contributed by atoms with Gasteiger partial charge in [0.2, 0.25) is 0 Å². The Labute approximate surface area is 118 Å². The van der Waals surface area contributed by atoms with Gasteiger partial charge in [-0.2, -0.15) is 0 Å². The maximum Gasteiger partial charge on any atom is 0.0511 e. The fourth-order valence-corrected chi connectivity index (χ4v) is 3.11. The minimum atomic E-state index is 0.709. The predicted molar refractivity (Wildman–Crippen MR) is 81.2 cm³/mol. The van der Waals surface area contributed by atoms with Crippen LogP contribution in [0.5, 0.6) is 0 Å². The minimum absolute atomic E-state index is 0.709. The van der Waals surface area contributed by atoms with Gasteiger partial charge in [0.1, 0.15) is 0 Å². The van der Waals surface area contributed by atoms with Crippen LogP contribution in [0.15, 0.2) is 22.7 Å². The summed E-state index contributed by atoms with van der Waals surface area (Å²) in [7, 11) is 0. The maximum absolute atomic E-state index is 5.59. The summed E-state index contributed by atoms with van der Waals surface area (Å²) in [6.45, 7) is 8.64. The van der Waals surface area contributed by atoms with Crippen LogP contribution >= 0.6 is 15.9 Å². The Morgan fingerprint density at radius 1 is 1.22 bits per heavy atom. The van der Waals surface area contributed by atoms with Crippen molar-refractivity contribution in [1.82, 2.24) is 4.90 Å². The van der Waals surface area contributed by atoms with E-state index in [9.17, 15) is 0 Å². The molecule has 0 atom stereocenters. The van der Waals surface area contributed by atoms with Crippen LogP contribution in [-0.2, 0) is 6.42 Å². The summed E-state index contributed by atoms with van der Waals surface area (Å²) in [5.41, 5.74) is 8.21. The first-order valence-corrected chi connectivity index (χ1v) is 7.49. The van der Waals surface area contributed by atoms with E-state index in [4.69, 9.17) is 5.73 Å². The van der Waals surface area contributed by atoms with Gasteiger partial charge in [0.15, 0.2) is 0 Å². The second-order valence-corrected chi connectivity index (χ2v) is 5.60. The molecule has 0 spiro atoms. The molecule has 1 aromatic carbocycles. The first-order valence-electron chi connectivity index (χ1n) is 6.70. The molecule has 1 fully saturated rings. The van der Waals surface area contributed by atoms with Crippen molar-refractivity contribution in [2.75, 3.05) is 44.2 Å². The lowest BCUT2D eigenvalue weighted by molar-refractivity contribution is 0.271. The maximum atomic E-state index is 5.59. The van der Waals surface area contributed by atoms with Gasteiger partial charge in [-0.15, -0.1) is 0 Å². The molecule has 18 heavy (non-hydrogen) atoms. The number of benzene rings is 1. The number of nitrogens with two attached hydrogens (primary N) is 1. The molecule has 0 aromatic heterocycles. The van der Waals surface area contributed by atoms with Gasteiger partial charge in [-0.1, -0.05) is 13.0 Å². The van der Waals surface area contributed by atoms with Gasteiger partial charge in [-0.25, -0.2) is 0 Å². The highest BCUT2D eigenvalue weighted by Crippen LogP contribution is 2.28. The fourth-order valence-electron chi connectivity index (χ4n) is 2.43. The molecule has 1 heterocycles. The van der Waals surface area contributed by atoms with Crippen molar-refractivity contribution in [2.45, 2.75) is 13.3 Å². The van der Waals surface area contributed by atoms with E-state index < -0.39 is 0 Å². The highest BCUT2D eigenvalue weighted by Gasteiger charge is 2.17. The summed E-state index contributed by atoms with van der Waals surface area (Å²) in [6, 6.07) is 6.62. The van der Waals surface area contributed by atoms with Crippen molar-refractivity contribution in [3.05, 3.63) is 28.2 Å². The van der Waals surface area contributed by atoms with Crippen LogP contribution in [0.3, 0.4) is 0 Å². The molecule has 0 aliphatic carbocycles. The van der Waals surface area contributed by atoms with Crippen LogP contribution < -0.4 is 10.6 Å². The summed E-state index contributed by atoms with van der Waals surface area (Å²) in [4.78, 5) is 4.95. The Bertz CT molecular complexity index is 387. The number of nitrogens with zero attached hydrogens (tertiary/aromatic N) is 2. The van der Waals surface area contributed by atoms with Crippen molar-refractivity contribution < 1.29 is 0 Å². The third-order valence-electron chi connectivity index (χ3n) is 3.61. The van der Waals surface area contributed by atoms with E-state index in [1.807, 2.05) is 0 Å². The van der Waals surface area contributed by atoms with Gasteiger partial charge in [-0.05, 0) is 53.1 Å². The van der Waals surface area contributed by atoms with Crippen molar-refractivity contribution in [3.8, 4) is 0 Å². The molecule has 0 bridgehead atoms. The van der Waals surface area contributed by atoms with E-state index >= 15 is 0 Å². The lowest BCUT2D eigenvalue weighted by Gasteiger charge is -2.36. The zero-order valence-electron chi connectivity index (χ0n) is 11.0. The van der Waals surface area contributed by atoms with Gasteiger partial charge >= 0.3 is 0 Å². The number of halogens is 1. The topological polar surface area (TPSA) is 32.5 Å². The molecule has 1 aliphatic rings. The largest absolute Gasteiger partial charge is 0.368 e. The summed E-state index contributed by atoms with van der Waals surface area (Å²) in [6.07, 6.45) is 0.947. The second kappa shape index (κ2) is 6.55. The molecule has 0 unspecified atom stereocenters. The molecule has 4 heteroatoms. The van der Waals surface area contributed by atoms with Crippen molar-refractivity contribution in [1.29, 1.82) is 0 Å². The Hall–Kier alpha value is -0.580. The molecule has 2 rings (SSSR count). The Morgan fingerprint density at radius 2 is 1.94 bits per heavy atom. The number of hydrogen-bond acceptors (Lipinski definition) is 3. The molecule has 2 N–H and O–H groups in total. The number of piperazine rings is 1. The lowest BCUT2D eigenvalue weighted by Crippen LogP contribution is -2.46. The van der Waals surface area contributed by atoms with Crippen molar-refractivity contribution in [2.24, 2.45) is 5.73 Å². The van der Waals surface area contributed by atoms with E-state index in [1.54, 1.807) is 0 Å². The van der Waals surface area contributed by atoms with Crippen LogP contribution in [0, 0.1) is 0 Å². The third-order valence-corrected chi connectivity index (χ3v) is 4.24. The van der Waals surface area contributed by atoms with Crippen molar-refractivity contribution >= 4 is 21.6 Å². The SMILES string of the molecule is CCN1CCN(c2ccc(CCN)cc2Br)CC1. The van der Waals surface area contributed by atoms with E-state index in [1.165, 1.54) is 15.7 Å². The quantitative estimate of drug-likeness (QED) is 0.924. The molecule has 0 amide bonds. The van der Waals surface area contributed by atoms with Gasteiger partial charge in [0.05, 0.1) is 5.69 Å². The van der Waals surface area contributed by atoms with Gasteiger partial charge in [0, 0.05) is 30.7 Å². The molecular formula is C14H22BrN3. The van der Waals surface area contributed by atoms with E-state index in [-0.39, 0.29) is 0 Å². The van der Waals surface area contributed by atoms with Crippen LogP contribution in [0.25, 0.3) is 0 Å². The fraction of sp³-hybridized carbons (Fsp3) is 0.571. The van der Waals surface area contributed by atoms with Crippen molar-refractivity contribution in [3.63, 3.8) is 0 Å². The van der Waals surface area contributed by atoms with E-state index in [0.717, 1.165) is 39.1 Å². The number of anilines is 1. The Morgan fingerprint density at radius 3 is 2.50 bits per heavy atom. The molecule has 3 nitrogen and oxygen atoms in total. The first-order chi connectivity index (χ1) is 8.74. The Kier molecular flexibility index (Phi) is 5.03. The van der Waals surface area contributed by atoms with Gasteiger partial charge in [-0.3, -0.25) is 0 Å². The molecular weight excluding hydrogens is 290 g/mol. The lowest BCUT2D eigenvalue weighted by atomic mass is 10.1. The van der Waals surface area contributed by atoms with E-state index in [2.05, 4.69) is 50.9 Å². The third kappa shape index (κ3) is 3.25. The predicted octanol–water partition coefficient (Wildman–Crippen LogP) is 2.09. The number of rotatable bonds is 4. The van der Waals surface area contributed by atoms with Gasteiger partial charge in [0.25, 0.3) is 0 Å². The average Bonchev–Trinajstić information content (AvgIpc) is 2.40. The van der Waals surface area contributed by atoms with Gasteiger partial charge < -0.3 is 15.5 Å². The molecule has 1 aromatic rings. The monoisotopic (exact) mass is 311 g/mol. The smallest absolute Gasteiger partial charge is 0.0511 e. The first kappa shape index (κ1) is 13.8. The standard InChI is InChI=1S/C14H22BrN3/c1-2-17-7-9-18(10-8-17)14-4-3-12(5-6-16)11-13(14)15/h3-4,11H,2,5-10,16H2,1H3. The average molecular weight is 312 g/mol. The minimum Gasteiger partial charge on any atom is -0.368 e. The zero-order chi connectivity index (χ0) is 13.0. The van der Waals surface area contributed by atoms with E-state index in [0.29, 0.717) is 6.54 Å². The molecule has 0 saturated carbocycles. The summed E-state index contributed by atoms with van der Waals surface area (Å²) in [5, 5.41) is 0. The highest BCUT2D eigenvalue weighted by atomic mass is 79.9. The Balaban J connectivity index is 2.05. The number of hydrogen-bond donors (Lipinski definition) is 1. The van der Waals surface area contributed by atoms with Crippen LogP contribution in [0.1, 0.15) is 12.5 Å². The highest BCUT2D eigenvalue weighted by molar-refractivity contribution is 9.10. The molecule has 0 radical (unpaired) electrons. The zero-order valence-corrected chi connectivity index (χ0v) is 12.6.